The van der Waals surface area contributed by atoms with E-state index >= 15 is 0 Å². The lowest BCUT2D eigenvalue weighted by Crippen LogP contribution is -2.13. The molecule has 3 heterocycles. The molecule has 11 heteroatoms. The van der Waals surface area contributed by atoms with Crippen molar-refractivity contribution in [3.63, 3.8) is 0 Å². The number of H-pyrrole nitrogens is 1. The highest BCUT2D eigenvalue weighted by Crippen LogP contribution is 2.34. The van der Waals surface area contributed by atoms with E-state index < -0.39 is 0 Å². The van der Waals surface area contributed by atoms with Gasteiger partial charge in [-0.2, -0.15) is 5.10 Å². The number of carbonyl (C=O) groups excluding carboxylic acids is 1. The van der Waals surface area contributed by atoms with Gasteiger partial charge < -0.3 is 10.6 Å². The number of hydrogen-bond donors (Lipinski definition) is 3. The summed E-state index contributed by atoms with van der Waals surface area (Å²) in [6.45, 7) is 0. The number of benzene rings is 2. The van der Waals surface area contributed by atoms with E-state index in [0.29, 0.717) is 26.5 Å². The smallest absolute Gasteiger partial charge is 0.275 e. The fourth-order valence-corrected chi connectivity index (χ4v) is 3.94. The second kappa shape index (κ2) is 8.09. The molecule has 0 saturated heterocycles. The van der Waals surface area contributed by atoms with Gasteiger partial charge in [0.1, 0.15) is 10.7 Å². The summed E-state index contributed by atoms with van der Waals surface area (Å²) in [7, 11) is 0. The van der Waals surface area contributed by atoms with E-state index in [4.69, 9.17) is 11.6 Å². The summed E-state index contributed by atoms with van der Waals surface area (Å²) in [6, 6.07) is 11.1. The maximum atomic E-state index is 12.3. The number of anilines is 3. The first-order chi connectivity index (χ1) is 15.2. The Labute approximate surface area is 184 Å². The predicted octanol–water partition coefficient (Wildman–Crippen LogP) is 4.52. The number of nitrogens with zero attached hydrogens (tertiary/aromatic N) is 5. The van der Waals surface area contributed by atoms with Gasteiger partial charge in [0.2, 0.25) is 5.13 Å². The summed E-state index contributed by atoms with van der Waals surface area (Å²) in [4.78, 5) is 20.2. The van der Waals surface area contributed by atoms with Crippen LogP contribution in [0.5, 0.6) is 0 Å². The van der Waals surface area contributed by atoms with Crippen molar-refractivity contribution in [2.75, 3.05) is 10.6 Å². The number of halogens is 1. The molecule has 1 amide bonds. The van der Waals surface area contributed by atoms with Crippen LogP contribution in [0.25, 0.3) is 21.5 Å². The highest BCUT2D eigenvalue weighted by atomic mass is 35.5. The highest BCUT2D eigenvalue weighted by Gasteiger charge is 2.13. The molecule has 2 aromatic carbocycles. The average Bonchev–Trinajstić information content (AvgIpc) is 3.47. The number of aromatic nitrogens is 6. The lowest BCUT2D eigenvalue weighted by molar-refractivity contribution is 0.102. The standard InChI is InChI=1S/C20H13ClN8OS/c21-17-13-9-24-27-14(13)4-5-15(17)26-20-29-28-19(31-20)11-2-1-3-12(8-11)25-18(30)16-10-22-6-7-23-16/h1-10H,(H,24,27)(H,25,30)(H,26,29). The van der Waals surface area contributed by atoms with E-state index in [1.54, 1.807) is 12.3 Å². The molecule has 3 N–H and O–H groups in total. The summed E-state index contributed by atoms with van der Waals surface area (Å²) in [5.41, 5.74) is 3.24. The molecule has 0 unspecified atom stereocenters. The van der Waals surface area contributed by atoms with Crippen LogP contribution < -0.4 is 10.6 Å². The van der Waals surface area contributed by atoms with E-state index in [1.165, 1.54) is 29.9 Å². The van der Waals surface area contributed by atoms with Crippen LogP contribution in [0.4, 0.5) is 16.5 Å². The van der Waals surface area contributed by atoms with Gasteiger partial charge in [0, 0.05) is 29.0 Å². The minimum atomic E-state index is -0.339. The van der Waals surface area contributed by atoms with Crippen molar-refractivity contribution < 1.29 is 4.79 Å². The third kappa shape index (κ3) is 3.93. The number of amides is 1. The van der Waals surface area contributed by atoms with E-state index in [2.05, 4.69) is 41.0 Å². The first-order valence-electron chi connectivity index (χ1n) is 9.07. The van der Waals surface area contributed by atoms with Gasteiger partial charge in [-0.3, -0.25) is 14.9 Å². The number of carbonyl (C=O) groups is 1. The summed E-state index contributed by atoms with van der Waals surface area (Å²) >= 11 is 7.83. The van der Waals surface area contributed by atoms with Crippen molar-refractivity contribution in [1.29, 1.82) is 0 Å². The van der Waals surface area contributed by atoms with Crippen molar-refractivity contribution in [3.05, 3.63) is 71.9 Å². The number of aromatic amines is 1. The lowest BCUT2D eigenvalue weighted by Gasteiger charge is -2.06. The van der Waals surface area contributed by atoms with Gasteiger partial charge in [0.25, 0.3) is 5.91 Å². The Morgan fingerprint density at radius 2 is 2.03 bits per heavy atom. The molecule has 0 aliphatic carbocycles. The zero-order chi connectivity index (χ0) is 21.2. The SMILES string of the molecule is O=C(Nc1cccc(-c2nnc(Nc3ccc4[nH]ncc4c3Cl)s2)c1)c1cnccn1. The maximum absolute atomic E-state index is 12.3. The number of rotatable bonds is 5. The normalized spacial score (nSPS) is 10.9. The lowest BCUT2D eigenvalue weighted by atomic mass is 10.2. The third-order valence-electron chi connectivity index (χ3n) is 4.39. The molecule has 0 bridgehead atoms. The van der Waals surface area contributed by atoms with Gasteiger partial charge in [-0.15, -0.1) is 10.2 Å². The van der Waals surface area contributed by atoms with Gasteiger partial charge in [0.15, 0.2) is 0 Å². The molecule has 31 heavy (non-hydrogen) atoms. The van der Waals surface area contributed by atoms with Gasteiger partial charge >= 0.3 is 0 Å². The van der Waals surface area contributed by atoms with Gasteiger partial charge in [0.05, 0.1) is 28.6 Å². The van der Waals surface area contributed by atoms with Crippen molar-refractivity contribution in [2.24, 2.45) is 0 Å². The summed E-state index contributed by atoms with van der Waals surface area (Å²) in [6.07, 6.45) is 6.07. The van der Waals surface area contributed by atoms with Crippen molar-refractivity contribution in [1.82, 2.24) is 30.4 Å². The average molecular weight is 449 g/mol. The van der Waals surface area contributed by atoms with Crippen LogP contribution in [0, 0.1) is 0 Å². The van der Waals surface area contributed by atoms with Gasteiger partial charge in [-0.25, -0.2) is 4.98 Å². The van der Waals surface area contributed by atoms with Crippen LogP contribution in [-0.4, -0.2) is 36.3 Å². The number of nitrogens with one attached hydrogen (secondary N) is 3. The minimum absolute atomic E-state index is 0.238. The molecule has 3 aromatic heterocycles. The summed E-state index contributed by atoms with van der Waals surface area (Å²) in [5, 5.41) is 24.0. The Kier molecular flexibility index (Phi) is 4.98. The molecule has 0 spiro atoms. The first-order valence-corrected chi connectivity index (χ1v) is 10.3. The molecule has 0 fully saturated rings. The van der Waals surface area contributed by atoms with E-state index in [0.717, 1.165) is 16.5 Å². The predicted molar refractivity (Wildman–Crippen MR) is 120 cm³/mol. The molecule has 0 aliphatic rings. The summed E-state index contributed by atoms with van der Waals surface area (Å²) < 4.78 is 0. The van der Waals surface area contributed by atoms with Crippen LogP contribution in [0.1, 0.15) is 10.5 Å². The van der Waals surface area contributed by atoms with Crippen molar-refractivity contribution >= 4 is 56.3 Å². The molecule has 9 nitrogen and oxygen atoms in total. The Hall–Kier alpha value is -3.89. The van der Waals surface area contributed by atoms with Gasteiger partial charge in [-0.1, -0.05) is 35.1 Å². The quantitative estimate of drug-likeness (QED) is 0.361. The Balaban J connectivity index is 1.35. The van der Waals surface area contributed by atoms with Gasteiger partial charge in [-0.05, 0) is 24.3 Å². The fraction of sp³-hybridized carbons (Fsp3) is 0. The molecule has 5 rings (SSSR count). The Morgan fingerprint density at radius 1 is 1.10 bits per heavy atom. The van der Waals surface area contributed by atoms with E-state index in [1.807, 2.05) is 30.3 Å². The number of fused-ring (bicyclic) bond motifs is 1. The topological polar surface area (TPSA) is 121 Å². The third-order valence-corrected chi connectivity index (χ3v) is 5.68. The fourth-order valence-electron chi connectivity index (χ4n) is 2.93. The monoisotopic (exact) mass is 448 g/mol. The number of hydrogen-bond acceptors (Lipinski definition) is 8. The largest absolute Gasteiger partial charge is 0.329 e. The summed E-state index contributed by atoms with van der Waals surface area (Å²) in [5.74, 6) is -0.339. The first kappa shape index (κ1) is 19.1. The minimum Gasteiger partial charge on any atom is -0.329 e. The van der Waals surface area contributed by atoms with Crippen molar-refractivity contribution in [3.8, 4) is 10.6 Å². The molecule has 0 atom stereocenters. The second-order valence-electron chi connectivity index (χ2n) is 6.42. The molecule has 5 aromatic rings. The van der Waals surface area contributed by atoms with Crippen molar-refractivity contribution in [2.45, 2.75) is 0 Å². The second-order valence-corrected chi connectivity index (χ2v) is 7.78. The van der Waals surface area contributed by atoms with Crippen LogP contribution in [-0.2, 0) is 0 Å². The highest BCUT2D eigenvalue weighted by molar-refractivity contribution is 7.18. The zero-order valence-electron chi connectivity index (χ0n) is 15.7. The molecule has 0 aliphatic heterocycles. The molecular formula is C20H13ClN8OS. The van der Waals surface area contributed by atoms with E-state index in [-0.39, 0.29) is 11.6 Å². The van der Waals surface area contributed by atoms with E-state index in [9.17, 15) is 4.79 Å². The Morgan fingerprint density at radius 3 is 2.90 bits per heavy atom. The molecule has 0 saturated carbocycles. The van der Waals surface area contributed by atoms with Crippen LogP contribution in [0.2, 0.25) is 5.02 Å². The van der Waals surface area contributed by atoms with Crippen LogP contribution in [0.15, 0.2) is 61.2 Å². The zero-order valence-corrected chi connectivity index (χ0v) is 17.3. The molecular weight excluding hydrogens is 436 g/mol. The molecule has 152 valence electrons. The molecule has 0 radical (unpaired) electrons. The Bertz CT molecular complexity index is 1380. The van der Waals surface area contributed by atoms with Crippen LogP contribution >= 0.6 is 22.9 Å². The van der Waals surface area contributed by atoms with Crippen LogP contribution in [0.3, 0.4) is 0 Å². The maximum Gasteiger partial charge on any atom is 0.275 e.